The summed E-state index contributed by atoms with van der Waals surface area (Å²) in [6.45, 7) is 0.365. The van der Waals surface area contributed by atoms with Gasteiger partial charge in [0.15, 0.2) is 11.6 Å². The first-order chi connectivity index (χ1) is 16.5. The van der Waals surface area contributed by atoms with E-state index in [1.807, 2.05) is 0 Å². The fourth-order valence-electron chi connectivity index (χ4n) is 4.12. The number of aliphatic imine (C=N–C) groups is 1. The second kappa shape index (κ2) is 9.06. The van der Waals surface area contributed by atoms with Crippen molar-refractivity contribution in [2.75, 3.05) is 20.2 Å². The Bertz CT molecular complexity index is 1180. The molecule has 2 aliphatic heterocycles. The standard InChI is InChI=1S/C22H21F3N4O6/c1-21(12-3-5-13(23)6-4-12)17(35-20(32)33-2)15(26-18(27-21)14-7-8-34-28-14)10-29-11-22(24,25)9-16(29)19(30)31/h3-8,16H,9-11H2,1-2H3,(H,26,27)(H,30,31)/t16-,21?/m0/s1. The summed E-state index contributed by atoms with van der Waals surface area (Å²) in [6, 6.07) is 5.23. The van der Waals surface area contributed by atoms with Gasteiger partial charge >= 0.3 is 12.1 Å². The molecular formula is C22H21F3N4O6. The number of hydrogen-bond acceptors (Lipinski definition) is 9. The predicted molar refractivity (Wildman–Crippen MR) is 113 cm³/mol. The number of hydrogen-bond donors (Lipinski definition) is 2. The van der Waals surface area contributed by atoms with Gasteiger partial charge in [-0.05, 0) is 24.6 Å². The molecule has 10 nitrogen and oxygen atoms in total. The number of carbonyl (C=O) groups is 2. The summed E-state index contributed by atoms with van der Waals surface area (Å²) in [5, 5.41) is 16.2. The first kappa shape index (κ1) is 24.3. The number of ether oxygens (including phenoxy) is 2. The maximum Gasteiger partial charge on any atom is 0.513 e. The highest BCUT2D eigenvalue weighted by molar-refractivity contribution is 5.99. The second-order valence-corrected chi connectivity index (χ2v) is 8.23. The van der Waals surface area contributed by atoms with E-state index in [-0.39, 0.29) is 29.5 Å². The van der Waals surface area contributed by atoms with Crippen LogP contribution in [0.5, 0.6) is 0 Å². The molecule has 1 saturated heterocycles. The number of nitrogens with one attached hydrogen (secondary N) is 1. The molecule has 186 valence electrons. The number of amidine groups is 1. The molecule has 3 heterocycles. The summed E-state index contributed by atoms with van der Waals surface area (Å²) >= 11 is 0. The normalized spacial score (nSPS) is 24.0. The van der Waals surface area contributed by atoms with Crippen LogP contribution in [0.2, 0.25) is 0 Å². The molecule has 0 radical (unpaired) electrons. The number of aliphatic carboxylic acids is 1. The molecule has 1 aromatic heterocycles. The van der Waals surface area contributed by atoms with Crippen molar-refractivity contribution in [1.29, 1.82) is 0 Å². The average Bonchev–Trinajstić information content (AvgIpc) is 3.44. The number of likely N-dealkylation sites (tertiary alicyclic amines) is 1. The van der Waals surface area contributed by atoms with Gasteiger partial charge in [-0.25, -0.2) is 23.0 Å². The molecule has 0 amide bonds. The summed E-state index contributed by atoms with van der Waals surface area (Å²) in [5.41, 5.74) is -0.787. The zero-order valence-electron chi connectivity index (χ0n) is 18.6. The van der Waals surface area contributed by atoms with Crippen LogP contribution >= 0.6 is 0 Å². The highest BCUT2D eigenvalue weighted by Gasteiger charge is 2.50. The van der Waals surface area contributed by atoms with Gasteiger partial charge < -0.3 is 24.4 Å². The molecule has 2 atom stereocenters. The van der Waals surface area contributed by atoms with E-state index >= 15 is 0 Å². The van der Waals surface area contributed by atoms with Crippen molar-refractivity contribution in [1.82, 2.24) is 15.4 Å². The smallest absolute Gasteiger partial charge is 0.480 e. The quantitative estimate of drug-likeness (QED) is 0.583. The van der Waals surface area contributed by atoms with Crippen molar-refractivity contribution in [3.63, 3.8) is 0 Å². The van der Waals surface area contributed by atoms with Gasteiger partial charge in [-0.2, -0.15) is 0 Å². The van der Waals surface area contributed by atoms with Gasteiger partial charge in [0.1, 0.15) is 29.4 Å². The van der Waals surface area contributed by atoms with Crippen LogP contribution in [0.1, 0.15) is 24.6 Å². The highest BCUT2D eigenvalue weighted by Crippen LogP contribution is 2.40. The Morgan fingerprint density at radius 2 is 2.00 bits per heavy atom. The van der Waals surface area contributed by atoms with E-state index in [4.69, 9.17) is 9.26 Å². The molecule has 1 aromatic carbocycles. The van der Waals surface area contributed by atoms with E-state index in [1.165, 1.54) is 36.6 Å². The number of carboxylic acid groups (broad SMARTS) is 1. The number of aromatic nitrogens is 1. The summed E-state index contributed by atoms with van der Waals surface area (Å²) in [4.78, 5) is 29.5. The van der Waals surface area contributed by atoms with Gasteiger partial charge in [0.25, 0.3) is 5.92 Å². The number of carbonyl (C=O) groups excluding carboxylic acids is 1. The predicted octanol–water partition coefficient (Wildman–Crippen LogP) is 2.87. The third-order valence-electron chi connectivity index (χ3n) is 5.77. The van der Waals surface area contributed by atoms with E-state index in [1.54, 1.807) is 6.92 Å². The lowest BCUT2D eigenvalue weighted by molar-refractivity contribution is -0.142. The Hall–Kier alpha value is -3.87. The number of carboxylic acids is 1. The molecule has 0 spiro atoms. The molecule has 2 aromatic rings. The van der Waals surface area contributed by atoms with Crippen molar-refractivity contribution in [3.05, 3.63) is 65.1 Å². The Balaban J connectivity index is 1.85. The molecule has 1 fully saturated rings. The summed E-state index contributed by atoms with van der Waals surface area (Å²) in [6.07, 6.45) is -0.697. The average molecular weight is 494 g/mol. The molecule has 0 saturated carbocycles. The first-order valence-corrected chi connectivity index (χ1v) is 10.4. The zero-order valence-corrected chi connectivity index (χ0v) is 18.6. The van der Waals surface area contributed by atoms with E-state index < -0.39 is 48.4 Å². The summed E-state index contributed by atoms with van der Waals surface area (Å²) < 4.78 is 56.9. The molecule has 0 bridgehead atoms. The molecular weight excluding hydrogens is 473 g/mol. The Kier molecular flexibility index (Phi) is 6.28. The lowest BCUT2D eigenvalue weighted by atomic mass is 9.87. The zero-order chi connectivity index (χ0) is 25.4. The Labute approximate surface area is 197 Å². The minimum Gasteiger partial charge on any atom is -0.480 e. The van der Waals surface area contributed by atoms with Crippen molar-refractivity contribution >= 4 is 18.0 Å². The topological polar surface area (TPSA) is 126 Å². The molecule has 0 aliphatic carbocycles. The Morgan fingerprint density at radius 3 is 2.60 bits per heavy atom. The van der Waals surface area contributed by atoms with Gasteiger partial charge in [0.05, 0.1) is 19.4 Å². The fourth-order valence-corrected chi connectivity index (χ4v) is 4.12. The van der Waals surface area contributed by atoms with Gasteiger partial charge in [-0.15, -0.1) is 0 Å². The van der Waals surface area contributed by atoms with Crippen LogP contribution in [0, 0.1) is 5.82 Å². The molecule has 13 heteroatoms. The fraction of sp³-hybridized carbons (Fsp3) is 0.364. The first-order valence-electron chi connectivity index (χ1n) is 10.4. The van der Waals surface area contributed by atoms with Crippen LogP contribution in [-0.2, 0) is 19.8 Å². The number of benzene rings is 1. The third-order valence-corrected chi connectivity index (χ3v) is 5.77. The SMILES string of the molecule is COC(=O)OC1=C(CN2CC(F)(F)C[C@H]2C(=O)O)NC(c2ccon2)=NC1(C)c1ccc(F)cc1. The minimum atomic E-state index is -3.23. The molecule has 4 rings (SSSR count). The summed E-state index contributed by atoms with van der Waals surface area (Å²) in [5.74, 6) is -5.17. The van der Waals surface area contributed by atoms with E-state index in [9.17, 15) is 27.9 Å². The van der Waals surface area contributed by atoms with E-state index in [0.29, 0.717) is 5.56 Å². The minimum absolute atomic E-state index is 0.0687. The van der Waals surface area contributed by atoms with Crippen LogP contribution in [-0.4, -0.2) is 65.3 Å². The number of alkyl halides is 2. The molecule has 2 N–H and O–H groups in total. The lowest BCUT2D eigenvalue weighted by Crippen LogP contribution is -2.46. The van der Waals surface area contributed by atoms with Crippen LogP contribution in [0.3, 0.4) is 0 Å². The van der Waals surface area contributed by atoms with Gasteiger partial charge in [0, 0.05) is 19.0 Å². The van der Waals surface area contributed by atoms with Crippen molar-refractivity contribution in [3.8, 4) is 0 Å². The van der Waals surface area contributed by atoms with Crippen molar-refractivity contribution in [2.24, 2.45) is 4.99 Å². The molecule has 35 heavy (non-hydrogen) atoms. The number of halogens is 3. The maximum atomic E-state index is 14.1. The van der Waals surface area contributed by atoms with Crippen LogP contribution in [0.25, 0.3) is 0 Å². The number of nitrogens with zero attached hydrogens (tertiary/aromatic N) is 3. The number of rotatable bonds is 6. The van der Waals surface area contributed by atoms with Gasteiger partial charge in [-0.3, -0.25) is 9.69 Å². The largest absolute Gasteiger partial charge is 0.513 e. The third kappa shape index (κ3) is 4.85. The van der Waals surface area contributed by atoms with Crippen LogP contribution in [0.15, 0.2) is 57.6 Å². The highest BCUT2D eigenvalue weighted by atomic mass is 19.3. The summed E-state index contributed by atoms with van der Waals surface area (Å²) in [7, 11) is 1.08. The lowest BCUT2D eigenvalue weighted by Gasteiger charge is -2.36. The van der Waals surface area contributed by atoms with Crippen molar-refractivity contribution < 1.29 is 41.9 Å². The van der Waals surface area contributed by atoms with E-state index in [2.05, 4.69) is 20.2 Å². The monoisotopic (exact) mass is 494 g/mol. The Morgan fingerprint density at radius 1 is 1.29 bits per heavy atom. The van der Waals surface area contributed by atoms with E-state index in [0.717, 1.165) is 12.0 Å². The molecule has 2 aliphatic rings. The van der Waals surface area contributed by atoms with Gasteiger partial charge in [0.2, 0.25) is 0 Å². The maximum absolute atomic E-state index is 14.1. The van der Waals surface area contributed by atoms with Crippen molar-refractivity contribution in [2.45, 2.75) is 30.8 Å². The van der Waals surface area contributed by atoms with Crippen LogP contribution in [0.4, 0.5) is 18.0 Å². The van der Waals surface area contributed by atoms with Gasteiger partial charge in [-0.1, -0.05) is 17.3 Å². The van der Waals surface area contributed by atoms with Crippen LogP contribution < -0.4 is 5.32 Å². The second-order valence-electron chi connectivity index (χ2n) is 8.23. The molecule has 1 unspecified atom stereocenters. The number of methoxy groups -OCH3 is 1.